The lowest BCUT2D eigenvalue weighted by Crippen LogP contribution is -2.20. The highest BCUT2D eigenvalue weighted by molar-refractivity contribution is 5.55. The number of nitrogens with two attached hydrogens (primary N) is 1. The van der Waals surface area contributed by atoms with Crippen LogP contribution in [0, 0.1) is 0 Å². The van der Waals surface area contributed by atoms with Crippen LogP contribution in [0.4, 0.5) is 5.69 Å². The largest absolute Gasteiger partial charge is 0.371 e. The average molecular weight is 206 g/mol. The van der Waals surface area contributed by atoms with E-state index in [1.165, 1.54) is 24.1 Å². The molecule has 82 valence electrons. The van der Waals surface area contributed by atoms with Crippen molar-refractivity contribution in [2.45, 2.75) is 25.9 Å². The fourth-order valence-electron chi connectivity index (χ4n) is 2.15. The van der Waals surface area contributed by atoms with E-state index in [0.29, 0.717) is 0 Å². The molecule has 2 rings (SSSR count). The van der Waals surface area contributed by atoms with Gasteiger partial charge in [0.1, 0.15) is 6.10 Å². The standard InChI is InChI=1S/C12H18N2O/c1-10(15-13)11-6-2-3-7-12(11)14-8-4-5-9-14/h2-3,6-7,10H,4-5,8-9,13H2,1H3. The molecule has 1 atom stereocenters. The van der Waals surface area contributed by atoms with Crippen molar-refractivity contribution < 1.29 is 4.84 Å². The molecule has 1 fully saturated rings. The van der Waals surface area contributed by atoms with Crippen molar-refractivity contribution in [2.24, 2.45) is 5.90 Å². The Morgan fingerprint density at radius 2 is 1.93 bits per heavy atom. The van der Waals surface area contributed by atoms with E-state index in [9.17, 15) is 0 Å². The lowest BCUT2D eigenvalue weighted by atomic mass is 10.1. The van der Waals surface area contributed by atoms with E-state index >= 15 is 0 Å². The van der Waals surface area contributed by atoms with E-state index in [1.807, 2.05) is 13.0 Å². The quantitative estimate of drug-likeness (QED) is 0.771. The van der Waals surface area contributed by atoms with Crippen molar-refractivity contribution >= 4 is 5.69 Å². The van der Waals surface area contributed by atoms with E-state index in [0.717, 1.165) is 13.1 Å². The molecule has 0 aliphatic carbocycles. The maximum absolute atomic E-state index is 5.25. The Kier molecular flexibility index (Phi) is 3.23. The Morgan fingerprint density at radius 3 is 2.60 bits per heavy atom. The zero-order valence-electron chi connectivity index (χ0n) is 9.15. The van der Waals surface area contributed by atoms with Crippen LogP contribution in [0.5, 0.6) is 0 Å². The van der Waals surface area contributed by atoms with E-state index in [4.69, 9.17) is 10.7 Å². The Balaban J connectivity index is 2.28. The van der Waals surface area contributed by atoms with Crippen LogP contribution in [0.1, 0.15) is 31.4 Å². The molecule has 1 aromatic carbocycles. The minimum Gasteiger partial charge on any atom is -0.371 e. The van der Waals surface area contributed by atoms with Crippen molar-refractivity contribution in [3.8, 4) is 0 Å². The second-order valence-corrected chi connectivity index (χ2v) is 4.03. The SMILES string of the molecule is CC(ON)c1ccccc1N1CCCC1. The lowest BCUT2D eigenvalue weighted by molar-refractivity contribution is 0.0667. The van der Waals surface area contributed by atoms with E-state index in [-0.39, 0.29) is 6.10 Å². The number of rotatable bonds is 3. The Labute approximate surface area is 90.8 Å². The van der Waals surface area contributed by atoms with Crippen molar-refractivity contribution in [1.82, 2.24) is 0 Å². The third-order valence-corrected chi connectivity index (χ3v) is 3.03. The summed E-state index contributed by atoms with van der Waals surface area (Å²) in [6.07, 6.45) is 2.53. The van der Waals surface area contributed by atoms with Crippen LogP contribution in [0.15, 0.2) is 24.3 Å². The molecular formula is C12H18N2O. The third kappa shape index (κ3) is 2.13. The van der Waals surface area contributed by atoms with Gasteiger partial charge in [-0.3, -0.25) is 4.84 Å². The first kappa shape index (κ1) is 10.5. The van der Waals surface area contributed by atoms with Crippen LogP contribution in [0.2, 0.25) is 0 Å². The van der Waals surface area contributed by atoms with Crippen LogP contribution in [0.3, 0.4) is 0 Å². The number of benzene rings is 1. The van der Waals surface area contributed by atoms with Gasteiger partial charge in [-0.15, -0.1) is 0 Å². The number of para-hydroxylation sites is 1. The highest BCUT2D eigenvalue weighted by atomic mass is 16.6. The molecule has 3 nitrogen and oxygen atoms in total. The third-order valence-electron chi connectivity index (χ3n) is 3.03. The monoisotopic (exact) mass is 206 g/mol. The van der Waals surface area contributed by atoms with Gasteiger partial charge in [-0.05, 0) is 25.8 Å². The molecule has 0 bridgehead atoms. The van der Waals surface area contributed by atoms with Gasteiger partial charge in [-0.1, -0.05) is 18.2 Å². The van der Waals surface area contributed by atoms with Crippen molar-refractivity contribution in [1.29, 1.82) is 0 Å². The number of nitrogens with zero attached hydrogens (tertiary/aromatic N) is 1. The predicted molar refractivity (Wildman–Crippen MR) is 61.6 cm³/mol. The topological polar surface area (TPSA) is 38.5 Å². The molecular weight excluding hydrogens is 188 g/mol. The van der Waals surface area contributed by atoms with E-state index < -0.39 is 0 Å². The van der Waals surface area contributed by atoms with Gasteiger partial charge in [0.2, 0.25) is 0 Å². The van der Waals surface area contributed by atoms with Gasteiger partial charge in [0.25, 0.3) is 0 Å². The molecule has 1 saturated heterocycles. The lowest BCUT2D eigenvalue weighted by Gasteiger charge is -2.23. The van der Waals surface area contributed by atoms with Crippen molar-refractivity contribution in [2.75, 3.05) is 18.0 Å². The second kappa shape index (κ2) is 4.64. The van der Waals surface area contributed by atoms with Gasteiger partial charge < -0.3 is 4.90 Å². The molecule has 0 saturated carbocycles. The molecule has 1 aromatic rings. The highest BCUT2D eigenvalue weighted by Gasteiger charge is 2.18. The van der Waals surface area contributed by atoms with Gasteiger partial charge in [0.15, 0.2) is 0 Å². The average Bonchev–Trinajstić information content (AvgIpc) is 2.81. The molecule has 0 spiro atoms. The first-order chi connectivity index (χ1) is 7.33. The summed E-state index contributed by atoms with van der Waals surface area (Å²) in [6, 6.07) is 8.34. The molecule has 1 aliphatic heterocycles. The zero-order chi connectivity index (χ0) is 10.7. The van der Waals surface area contributed by atoms with E-state index in [1.54, 1.807) is 0 Å². The molecule has 0 amide bonds. The number of hydrogen-bond donors (Lipinski definition) is 1. The summed E-state index contributed by atoms with van der Waals surface area (Å²) in [5, 5.41) is 0. The molecule has 3 heteroatoms. The van der Waals surface area contributed by atoms with Crippen LogP contribution in [-0.4, -0.2) is 13.1 Å². The van der Waals surface area contributed by atoms with Gasteiger partial charge in [-0.2, -0.15) is 0 Å². The Hall–Kier alpha value is -1.06. The summed E-state index contributed by atoms with van der Waals surface area (Å²) >= 11 is 0. The summed E-state index contributed by atoms with van der Waals surface area (Å²) in [5.74, 6) is 5.25. The molecule has 1 heterocycles. The highest BCUT2D eigenvalue weighted by Crippen LogP contribution is 2.29. The fourth-order valence-corrected chi connectivity index (χ4v) is 2.15. The molecule has 0 aromatic heterocycles. The number of anilines is 1. The van der Waals surface area contributed by atoms with Crippen molar-refractivity contribution in [3.63, 3.8) is 0 Å². The second-order valence-electron chi connectivity index (χ2n) is 4.03. The predicted octanol–water partition coefficient (Wildman–Crippen LogP) is 2.24. The van der Waals surface area contributed by atoms with Crippen LogP contribution >= 0.6 is 0 Å². The summed E-state index contributed by atoms with van der Waals surface area (Å²) in [7, 11) is 0. The summed E-state index contributed by atoms with van der Waals surface area (Å²) in [5.41, 5.74) is 2.45. The maximum atomic E-state index is 5.25. The van der Waals surface area contributed by atoms with Gasteiger partial charge >= 0.3 is 0 Å². The molecule has 2 N–H and O–H groups in total. The number of hydrogen-bond acceptors (Lipinski definition) is 3. The van der Waals surface area contributed by atoms with Gasteiger partial charge in [0, 0.05) is 24.3 Å². The minimum atomic E-state index is -0.0400. The van der Waals surface area contributed by atoms with Gasteiger partial charge in [-0.25, -0.2) is 5.90 Å². The molecule has 0 radical (unpaired) electrons. The molecule has 1 aliphatic rings. The first-order valence-corrected chi connectivity index (χ1v) is 5.52. The normalized spacial score (nSPS) is 18.1. The van der Waals surface area contributed by atoms with E-state index in [2.05, 4.69) is 23.1 Å². The minimum absolute atomic E-state index is 0.0400. The summed E-state index contributed by atoms with van der Waals surface area (Å²) in [6.45, 7) is 4.28. The van der Waals surface area contributed by atoms with Gasteiger partial charge in [0.05, 0.1) is 0 Å². The Bertz CT molecular complexity index is 321. The van der Waals surface area contributed by atoms with Crippen LogP contribution < -0.4 is 10.8 Å². The first-order valence-electron chi connectivity index (χ1n) is 5.52. The zero-order valence-corrected chi connectivity index (χ0v) is 9.15. The Morgan fingerprint density at radius 1 is 1.27 bits per heavy atom. The van der Waals surface area contributed by atoms with Crippen LogP contribution in [-0.2, 0) is 4.84 Å². The van der Waals surface area contributed by atoms with Crippen LogP contribution in [0.25, 0.3) is 0 Å². The fraction of sp³-hybridized carbons (Fsp3) is 0.500. The summed E-state index contributed by atoms with van der Waals surface area (Å²) in [4.78, 5) is 7.32. The maximum Gasteiger partial charge on any atom is 0.103 e. The molecule has 1 unspecified atom stereocenters. The molecule has 15 heavy (non-hydrogen) atoms. The smallest absolute Gasteiger partial charge is 0.103 e. The van der Waals surface area contributed by atoms with Crippen molar-refractivity contribution in [3.05, 3.63) is 29.8 Å². The summed E-state index contributed by atoms with van der Waals surface area (Å²) < 4.78 is 0.